The van der Waals surface area contributed by atoms with Gasteiger partial charge in [0.05, 0.1) is 5.56 Å². The molecule has 0 saturated carbocycles. The Kier molecular flexibility index (Phi) is 3.38. The first-order valence-corrected chi connectivity index (χ1v) is 5.50. The van der Waals surface area contributed by atoms with E-state index in [0.717, 1.165) is 0 Å². The van der Waals surface area contributed by atoms with E-state index in [1.807, 2.05) is 0 Å². The molecule has 18 heavy (non-hydrogen) atoms. The van der Waals surface area contributed by atoms with E-state index >= 15 is 0 Å². The topological polar surface area (TPSA) is 0 Å². The highest BCUT2D eigenvalue weighted by atomic mass is 79.9. The van der Waals surface area contributed by atoms with Gasteiger partial charge >= 0.3 is 0 Å². The molecule has 0 bridgehead atoms. The van der Waals surface area contributed by atoms with E-state index in [0.29, 0.717) is 4.47 Å². The first kappa shape index (κ1) is 13.0. The number of benzene rings is 2. The average Bonchev–Trinajstić information content (AvgIpc) is 2.36. The summed E-state index contributed by atoms with van der Waals surface area (Å²) in [6.07, 6.45) is 0. The van der Waals surface area contributed by atoms with Gasteiger partial charge in [0.1, 0.15) is 0 Å². The second kappa shape index (κ2) is 4.68. The molecule has 0 fully saturated rings. The largest absolute Gasteiger partial charge is 0.203 e. The van der Waals surface area contributed by atoms with Crippen LogP contribution in [0.2, 0.25) is 0 Å². The molecule has 0 nitrogen and oxygen atoms in total. The molecule has 0 amide bonds. The minimum Gasteiger partial charge on any atom is -0.203 e. The molecule has 0 aliphatic carbocycles. The fraction of sp³-hybridized carbons (Fsp3) is 0. The summed E-state index contributed by atoms with van der Waals surface area (Å²) >= 11 is 3.10. The third-order valence-corrected chi connectivity index (χ3v) is 2.87. The molecule has 0 aromatic heterocycles. The van der Waals surface area contributed by atoms with Crippen LogP contribution >= 0.6 is 15.9 Å². The molecule has 0 aliphatic heterocycles. The van der Waals surface area contributed by atoms with Gasteiger partial charge in [-0.05, 0) is 17.7 Å². The van der Waals surface area contributed by atoms with E-state index < -0.39 is 34.6 Å². The molecule has 2 aromatic carbocycles. The SMILES string of the molecule is Fc1c(F)c(F)c(-c2ccc(Br)cc2)c(F)c1F. The maximum atomic E-state index is 13.5. The van der Waals surface area contributed by atoms with Crippen LogP contribution in [0.1, 0.15) is 0 Å². The lowest BCUT2D eigenvalue weighted by Gasteiger charge is -2.08. The maximum absolute atomic E-state index is 13.5. The van der Waals surface area contributed by atoms with Crippen LogP contribution in [0.4, 0.5) is 22.0 Å². The lowest BCUT2D eigenvalue weighted by Crippen LogP contribution is -2.03. The van der Waals surface area contributed by atoms with E-state index in [-0.39, 0.29) is 5.56 Å². The standard InChI is InChI=1S/C12H4BrF5/c13-6-3-1-5(2-4-6)7-8(14)10(16)12(18)11(17)9(7)15/h1-4H. The first-order chi connectivity index (χ1) is 8.43. The summed E-state index contributed by atoms with van der Waals surface area (Å²) in [5.74, 6) is -9.74. The molecule has 0 saturated heterocycles. The molecule has 0 aliphatic rings. The van der Waals surface area contributed by atoms with Gasteiger partial charge in [0.2, 0.25) is 5.82 Å². The van der Waals surface area contributed by atoms with Crippen LogP contribution in [0.5, 0.6) is 0 Å². The van der Waals surface area contributed by atoms with Crippen LogP contribution in [0, 0.1) is 29.1 Å². The van der Waals surface area contributed by atoms with Crippen molar-refractivity contribution in [3.63, 3.8) is 0 Å². The van der Waals surface area contributed by atoms with E-state index in [4.69, 9.17) is 0 Å². The van der Waals surface area contributed by atoms with E-state index in [9.17, 15) is 22.0 Å². The quantitative estimate of drug-likeness (QED) is 0.401. The second-order valence-electron chi connectivity index (χ2n) is 3.45. The first-order valence-electron chi connectivity index (χ1n) is 4.71. The summed E-state index contributed by atoms with van der Waals surface area (Å²) in [5.41, 5.74) is -1.02. The third-order valence-electron chi connectivity index (χ3n) is 2.34. The van der Waals surface area contributed by atoms with Crippen LogP contribution in [0.15, 0.2) is 28.7 Å². The molecular weight excluding hydrogens is 319 g/mol. The Morgan fingerprint density at radius 1 is 0.611 bits per heavy atom. The molecule has 2 rings (SSSR count). The number of rotatable bonds is 1. The zero-order valence-electron chi connectivity index (χ0n) is 8.58. The van der Waals surface area contributed by atoms with E-state index in [1.165, 1.54) is 24.3 Å². The highest BCUT2D eigenvalue weighted by Gasteiger charge is 2.26. The number of halogens is 6. The van der Waals surface area contributed by atoms with Crippen molar-refractivity contribution < 1.29 is 22.0 Å². The van der Waals surface area contributed by atoms with Gasteiger partial charge in [0, 0.05) is 4.47 Å². The molecule has 6 heteroatoms. The normalized spacial score (nSPS) is 10.8. The fourth-order valence-electron chi connectivity index (χ4n) is 1.47. The Labute approximate surface area is 107 Å². The molecule has 0 radical (unpaired) electrons. The van der Waals surface area contributed by atoms with Crippen LogP contribution in [-0.4, -0.2) is 0 Å². The van der Waals surface area contributed by atoms with Gasteiger partial charge in [0.15, 0.2) is 23.3 Å². The van der Waals surface area contributed by atoms with Crippen molar-refractivity contribution in [3.05, 3.63) is 57.8 Å². The second-order valence-corrected chi connectivity index (χ2v) is 4.37. The summed E-state index contributed by atoms with van der Waals surface area (Å²) in [4.78, 5) is 0. The molecular formula is C12H4BrF5. The molecule has 0 N–H and O–H groups in total. The summed E-state index contributed by atoms with van der Waals surface area (Å²) in [5, 5.41) is 0. The van der Waals surface area contributed by atoms with Crippen molar-refractivity contribution >= 4 is 15.9 Å². The molecule has 0 unspecified atom stereocenters. The van der Waals surface area contributed by atoms with Crippen molar-refractivity contribution in [2.45, 2.75) is 0 Å². The summed E-state index contributed by atoms with van der Waals surface area (Å²) in [6.45, 7) is 0. The van der Waals surface area contributed by atoms with Gasteiger partial charge in [-0.1, -0.05) is 28.1 Å². The minimum absolute atomic E-state index is 0.0917. The minimum atomic E-state index is -2.16. The Hall–Kier alpha value is -1.43. The van der Waals surface area contributed by atoms with Crippen molar-refractivity contribution in [2.24, 2.45) is 0 Å². The fourth-order valence-corrected chi connectivity index (χ4v) is 1.74. The van der Waals surface area contributed by atoms with Crippen molar-refractivity contribution in [3.8, 4) is 11.1 Å². The zero-order valence-corrected chi connectivity index (χ0v) is 10.2. The number of hydrogen-bond donors (Lipinski definition) is 0. The maximum Gasteiger partial charge on any atom is 0.200 e. The lowest BCUT2D eigenvalue weighted by molar-refractivity contribution is 0.381. The van der Waals surface area contributed by atoms with Crippen LogP contribution in [0.3, 0.4) is 0 Å². The van der Waals surface area contributed by atoms with Crippen molar-refractivity contribution in [1.29, 1.82) is 0 Å². The average molecular weight is 323 g/mol. The van der Waals surface area contributed by atoms with Crippen molar-refractivity contribution in [1.82, 2.24) is 0 Å². The third kappa shape index (κ3) is 2.01. The van der Waals surface area contributed by atoms with Gasteiger partial charge in [0.25, 0.3) is 0 Å². The predicted octanol–water partition coefficient (Wildman–Crippen LogP) is 4.81. The van der Waals surface area contributed by atoms with Crippen LogP contribution in [0.25, 0.3) is 11.1 Å². The summed E-state index contributed by atoms with van der Waals surface area (Å²) in [7, 11) is 0. The monoisotopic (exact) mass is 322 g/mol. The van der Waals surface area contributed by atoms with Gasteiger partial charge in [-0.3, -0.25) is 0 Å². The Morgan fingerprint density at radius 2 is 1.00 bits per heavy atom. The highest BCUT2D eigenvalue weighted by Crippen LogP contribution is 2.31. The van der Waals surface area contributed by atoms with Crippen LogP contribution < -0.4 is 0 Å². The van der Waals surface area contributed by atoms with Gasteiger partial charge < -0.3 is 0 Å². The smallest absolute Gasteiger partial charge is 0.200 e. The lowest BCUT2D eigenvalue weighted by atomic mass is 10.0. The molecule has 94 valence electrons. The van der Waals surface area contributed by atoms with Crippen molar-refractivity contribution in [2.75, 3.05) is 0 Å². The zero-order chi connectivity index (χ0) is 13.4. The number of hydrogen-bond acceptors (Lipinski definition) is 0. The summed E-state index contributed by atoms with van der Waals surface area (Å²) < 4.78 is 66.4. The van der Waals surface area contributed by atoms with Gasteiger partial charge in [-0.25, -0.2) is 22.0 Å². The molecule has 0 atom stereocenters. The Bertz CT molecular complexity index is 578. The Morgan fingerprint density at radius 3 is 1.44 bits per heavy atom. The van der Waals surface area contributed by atoms with E-state index in [1.54, 1.807) is 0 Å². The molecule has 0 spiro atoms. The van der Waals surface area contributed by atoms with Gasteiger partial charge in [-0.2, -0.15) is 0 Å². The van der Waals surface area contributed by atoms with Gasteiger partial charge in [-0.15, -0.1) is 0 Å². The molecule has 0 heterocycles. The summed E-state index contributed by atoms with van der Waals surface area (Å²) in [6, 6.07) is 5.38. The highest BCUT2D eigenvalue weighted by molar-refractivity contribution is 9.10. The van der Waals surface area contributed by atoms with E-state index in [2.05, 4.69) is 15.9 Å². The molecule has 2 aromatic rings. The van der Waals surface area contributed by atoms with Crippen LogP contribution in [-0.2, 0) is 0 Å². The predicted molar refractivity (Wildman–Crippen MR) is 59.4 cm³/mol. The Balaban J connectivity index is 2.75.